The number of aromatic amines is 1. The smallest absolute Gasteiger partial charge is 0.268 e. The molecule has 6 heteroatoms. The van der Waals surface area contributed by atoms with Crippen molar-refractivity contribution in [2.75, 3.05) is 12.3 Å². The fraction of sp³-hybridized carbons (Fsp3) is 0.188. The Morgan fingerprint density at radius 2 is 2.00 bits per heavy atom. The first-order valence-corrected chi connectivity index (χ1v) is 6.71. The van der Waals surface area contributed by atoms with Gasteiger partial charge < -0.3 is 15.5 Å². The predicted molar refractivity (Wildman–Crippen MR) is 82.1 cm³/mol. The van der Waals surface area contributed by atoms with Crippen molar-refractivity contribution in [2.45, 2.75) is 13.3 Å². The van der Waals surface area contributed by atoms with Crippen molar-refractivity contribution in [1.29, 1.82) is 10.5 Å². The standard InChI is InChI=1S/C16H14N4O2/c1-2-6-22-11-5-3-4-10(7-11)14-12(8-17)15(19)20-16(21)13(14)9-18/h3-5,7H,2,6H2,1H3,(H3,19,20,21). The summed E-state index contributed by atoms with van der Waals surface area (Å²) in [5.74, 6) is 0.548. The van der Waals surface area contributed by atoms with E-state index < -0.39 is 5.56 Å². The third kappa shape index (κ3) is 2.77. The largest absolute Gasteiger partial charge is 0.494 e. The first-order valence-electron chi connectivity index (χ1n) is 6.71. The Morgan fingerprint density at radius 3 is 2.64 bits per heavy atom. The first-order chi connectivity index (χ1) is 10.6. The van der Waals surface area contributed by atoms with Gasteiger partial charge in [0.1, 0.15) is 34.8 Å². The van der Waals surface area contributed by atoms with Crippen LogP contribution < -0.4 is 16.0 Å². The molecule has 2 aromatic rings. The third-order valence-corrected chi connectivity index (χ3v) is 3.06. The zero-order valence-electron chi connectivity index (χ0n) is 12.0. The number of nitrogens with one attached hydrogen (secondary N) is 1. The molecule has 0 atom stereocenters. The van der Waals surface area contributed by atoms with Crippen LogP contribution in [0.3, 0.4) is 0 Å². The summed E-state index contributed by atoms with van der Waals surface area (Å²) in [6, 6.07) is 10.7. The molecule has 2 rings (SSSR count). The molecule has 0 aliphatic heterocycles. The molecule has 1 aromatic carbocycles. The third-order valence-electron chi connectivity index (χ3n) is 3.06. The van der Waals surface area contributed by atoms with Crippen LogP contribution in [-0.4, -0.2) is 11.6 Å². The fourth-order valence-electron chi connectivity index (χ4n) is 2.09. The molecular weight excluding hydrogens is 280 g/mol. The van der Waals surface area contributed by atoms with E-state index in [1.807, 2.05) is 19.1 Å². The molecule has 3 N–H and O–H groups in total. The highest BCUT2D eigenvalue weighted by Crippen LogP contribution is 2.30. The van der Waals surface area contributed by atoms with Crippen molar-refractivity contribution >= 4 is 5.82 Å². The molecule has 0 saturated heterocycles. The maximum atomic E-state index is 11.9. The van der Waals surface area contributed by atoms with E-state index in [9.17, 15) is 15.3 Å². The minimum absolute atomic E-state index is 0.0543. The maximum absolute atomic E-state index is 11.9. The average molecular weight is 294 g/mol. The molecule has 0 aliphatic rings. The highest BCUT2D eigenvalue weighted by Gasteiger charge is 2.18. The van der Waals surface area contributed by atoms with Crippen molar-refractivity contribution in [1.82, 2.24) is 4.98 Å². The van der Waals surface area contributed by atoms with Gasteiger partial charge in [0.2, 0.25) is 0 Å². The Kier molecular flexibility index (Phi) is 4.45. The number of pyridine rings is 1. The summed E-state index contributed by atoms with van der Waals surface area (Å²) >= 11 is 0. The normalized spacial score (nSPS) is 9.77. The summed E-state index contributed by atoms with van der Waals surface area (Å²) < 4.78 is 5.54. The number of ether oxygens (including phenoxy) is 1. The molecule has 6 nitrogen and oxygen atoms in total. The van der Waals surface area contributed by atoms with E-state index in [-0.39, 0.29) is 22.5 Å². The Bertz CT molecular complexity index is 841. The summed E-state index contributed by atoms with van der Waals surface area (Å²) in [5, 5.41) is 18.5. The van der Waals surface area contributed by atoms with Crippen LogP contribution in [0, 0.1) is 22.7 Å². The van der Waals surface area contributed by atoms with Crippen LogP contribution in [0.1, 0.15) is 24.5 Å². The van der Waals surface area contributed by atoms with E-state index in [4.69, 9.17) is 10.5 Å². The highest BCUT2D eigenvalue weighted by atomic mass is 16.5. The Balaban J connectivity index is 2.70. The number of anilines is 1. The molecule has 0 amide bonds. The Labute approximate surface area is 127 Å². The second-order valence-electron chi connectivity index (χ2n) is 4.59. The van der Waals surface area contributed by atoms with Gasteiger partial charge >= 0.3 is 0 Å². The van der Waals surface area contributed by atoms with E-state index in [0.29, 0.717) is 17.9 Å². The van der Waals surface area contributed by atoms with Crippen molar-refractivity contribution in [3.8, 4) is 29.0 Å². The van der Waals surface area contributed by atoms with Gasteiger partial charge in [-0.25, -0.2) is 0 Å². The van der Waals surface area contributed by atoms with Crippen LogP contribution in [-0.2, 0) is 0 Å². The molecule has 110 valence electrons. The van der Waals surface area contributed by atoms with Crippen LogP contribution in [0.25, 0.3) is 11.1 Å². The number of rotatable bonds is 4. The van der Waals surface area contributed by atoms with Gasteiger partial charge in [0.25, 0.3) is 5.56 Å². The van der Waals surface area contributed by atoms with Crippen LogP contribution in [0.4, 0.5) is 5.82 Å². The van der Waals surface area contributed by atoms with Crippen molar-refractivity contribution in [2.24, 2.45) is 0 Å². The molecule has 0 unspecified atom stereocenters. The number of hydrogen-bond donors (Lipinski definition) is 2. The first kappa shape index (κ1) is 15.1. The molecular formula is C16H14N4O2. The molecule has 22 heavy (non-hydrogen) atoms. The summed E-state index contributed by atoms with van der Waals surface area (Å²) in [4.78, 5) is 14.2. The zero-order chi connectivity index (χ0) is 16.1. The molecule has 0 fully saturated rings. The molecule has 0 spiro atoms. The minimum Gasteiger partial charge on any atom is -0.494 e. The average Bonchev–Trinajstić information content (AvgIpc) is 2.52. The van der Waals surface area contributed by atoms with E-state index in [1.54, 1.807) is 24.3 Å². The van der Waals surface area contributed by atoms with Crippen LogP contribution >= 0.6 is 0 Å². The Hall–Kier alpha value is -3.25. The Morgan fingerprint density at radius 1 is 1.27 bits per heavy atom. The van der Waals surface area contributed by atoms with E-state index in [2.05, 4.69) is 4.98 Å². The molecule has 0 aliphatic carbocycles. The highest BCUT2D eigenvalue weighted by molar-refractivity contribution is 5.80. The number of nitrogens with zero attached hydrogens (tertiary/aromatic N) is 2. The second-order valence-corrected chi connectivity index (χ2v) is 4.59. The monoisotopic (exact) mass is 294 g/mol. The summed E-state index contributed by atoms with van der Waals surface area (Å²) in [6.45, 7) is 2.54. The van der Waals surface area contributed by atoms with Gasteiger partial charge in [0.05, 0.1) is 6.61 Å². The predicted octanol–water partition coefficient (Wildman–Crippen LogP) is 2.16. The van der Waals surface area contributed by atoms with Gasteiger partial charge in [-0.05, 0) is 24.1 Å². The second kappa shape index (κ2) is 6.47. The fourth-order valence-corrected chi connectivity index (χ4v) is 2.09. The van der Waals surface area contributed by atoms with Gasteiger partial charge in [-0.15, -0.1) is 0 Å². The lowest BCUT2D eigenvalue weighted by Gasteiger charge is -2.10. The number of hydrogen-bond acceptors (Lipinski definition) is 5. The van der Waals surface area contributed by atoms with Gasteiger partial charge in [-0.2, -0.15) is 10.5 Å². The number of benzene rings is 1. The van der Waals surface area contributed by atoms with E-state index in [1.165, 1.54) is 0 Å². The number of H-pyrrole nitrogens is 1. The SMILES string of the molecule is CCCOc1cccc(-c2c(C#N)c(N)[nH]c(=O)c2C#N)c1. The molecule has 1 aromatic heterocycles. The molecule has 0 radical (unpaired) electrons. The lowest BCUT2D eigenvalue weighted by molar-refractivity contribution is 0.317. The lowest BCUT2D eigenvalue weighted by atomic mass is 9.96. The van der Waals surface area contributed by atoms with Crippen molar-refractivity contribution in [3.05, 3.63) is 45.7 Å². The van der Waals surface area contributed by atoms with Crippen LogP contribution in [0.5, 0.6) is 5.75 Å². The summed E-state index contributed by atoms with van der Waals surface area (Å²) in [7, 11) is 0. The van der Waals surface area contributed by atoms with Gasteiger partial charge in [-0.3, -0.25) is 4.79 Å². The number of nitrogens with two attached hydrogens (primary N) is 1. The lowest BCUT2D eigenvalue weighted by Crippen LogP contribution is -2.16. The van der Waals surface area contributed by atoms with Crippen molar-refractivity contribution in [3.63, 3.8) is 0 Å². The number of nitriles is 2. The topological polar surface area (TPSA) is 116 Å². The number of aromatic nitrogens is 1. The van der Waals surface area contributed by atoms with Crippen molar-refractivity contribution < 1.29 is 4.74 Å². The minimum atomic E-state index is -0.617. The summed E-state index contributed by atoms with van der Waals surface area (Å²) in [6.07, 6.45) is 0.856. The molecule has 0 bridgehead atoms. The van der Waals surface area contributed by atoms with Crippen LogP contribution in [0.2, 0.25) is 0 Å². The van der Waals surface area contributed by atoms with Gasteiger partial charge in [-0.1, -0.05) is 19.1 Å². The maximum Gasteiger partial charge on any atom is 0.268 e. The zero-order valence-corrected chi connectivity index (χ0v) is 12.0. The van der Waals surface area contributed by atoms with Crippen LogP contribution in [0.15, 0.2) is 29.1 Å². The molecule has 1 heterocycles. The molecule has 0 saturated carbocycles. The van der Waals surface area contributed by atoms with Gasteiger partial charge in [0.15, 0.2) is 0 Å². The quantitative estimate of drug-likeness (QED) is 0.896. The van der Waals surface area contributed by atoms with Gasteiger partial charge in [0, 0.05) is 5.56 Å². The number of nitrogen functional groups attached to an aromatic ring is 1. The van der Waals surface area contributed by atoms with E-state index >= 15 is 0 Å². The van der Waals surface area contributed by atoms with E-state index in [0.717, 1.165) is 6.42 Å². The summed E-state index contributed by atoms with van der Waals surface area (Å²) in [5.41, 5.74) is 5.78.